The van der Waals surface area contributed by atoms with Crippen LogP contribution in [0.4, 0.5) is 0 Å². The molecule has 0 unspecified atom stereocenters. The highest BCUT2D eigenvalue weighted by Crippen LogP contribution is 2.35. The molecule has 0 saturated carbocycles. The Morgan fingerprint density at radius 3 is 2.50 bits per heavy atom. The van der Waals surface area contributed by atoms with Gasteiger partial charge in [0.25, 0.3) is 0 Å². The number of nitrogens with zero attached hydrogens (tertiary/aromatic N) is 3. The van der Waals surface area contributed by atoms with Crippen LogP contribution in [-0.2, 0) is 17.9 Å². The average molecular weight is 744 g/mol. The molecule has 0 aliphatic heterocycles. The molecule has 6 nitrogen and oxygen atoms in total. The molecular formula is C26H20ClI2N3O3S. The van der Waals surface area contributed by atoms with E-state index in [1.807, 2.05) is 66.1 Å². The molecule has 0 aliphatic carbocycles. The lowest BCUT2D eigenvalue weighted by molar-refractivity contribution is -0.131. The third-order valence-electron chi connectivity index (χ3n) is 5.10. The first-order valence-electron chi connectivity index (χ1n) is 10.8. The summed E-state index contributed by atoms with van der Waals surface area (Å²) in [7, 11) is 0. The molecule has 0 aliphatic rings. The minimum absolute atomic E-state index is 0.113. The topological polar surface area (TPSA) is 77.2 Å². The molecule has 1 aromatic heterocycles. The van der Waals surface area contributed by atoms with E-state index in [1.54, 1.807) is 18.2 Å². The number of carboxylic acid groups (broad SMARTS) is 1. The highest BCUT2D eigenvalue weighted by molar-refractivity contribution is 14.1. The van der Waals surface area contributed by atoms with Crippen molar-refractivity contribution in [1.82, 2.24) is 14.8 Å². The zero-order valence-corrected chi connectivity index (χ0v) is 24.9. The first-order chi connectivity index (χ1) is 17.4. The van der Waals surface area contributed by atoms with E-state index in [0.29, 0.717) is 40.5 Å². The summed E-state index contributed by atoms with van der Waals surface area (Å²) in [4.78, 5) is 12.4. The SMILES string of the molecule is CCn1c(S/C(=C\c2cc(I)cc(I)c2OCc2ccccc2)C(=O)O)nnc1-c1ccc(Cl)cc1. The van der Waals surface area contributed by atoms with Crippen molar-refractivity contribution in [3.05, 3.63) is 94.9 Å². The molecule has 0 radical (unpaired) electrons. The molecule has 184 valence electrons. The van der Waals surface area contributed by atoms with Gasteiger partial charge in [-0.2, -0.15) is 0 Å². The first kappa shape index (κ1) is 27.0. The molecule has 0 bridgehead atoms. The van der Waals surface area contributed by atoms with E-state index in [0.717, 1.165) is 30.0 Å². The predicted molar refractivity (Wildman–Crippen MR) is 160 cm³/mol. The summed E-state index contributed by atoms with van der Waals surface area (Å²) in [6.45, 7) is 2.92. The van der Waals surface area contributed by atoms with Gasteiger partial charge in [0.2, 0.25) is 0 Å². The van der Waals surface area contributed by atoms with Crippen molar-refractivity contribution in [2.24, 2.45) is 0 Å². The molecule has 1 heterocycles. The van der Waals surface area contributed by atoms with Crippen LogP contribution in [0.5, 0.6) is 5.75 Å². The molecule has 4 aromatic rings. The first-order valence-corrected chi connectivity index (χ1v) is 14.2. The van der Waals surface area contributed by atoms with Gasteiger partial charge >= 0.3 is 5.97 Å². The Bertz CT molecular complexity index is 1410. The molecule has 0 atom stereocenters. The lowest BCUT2D eigenvalue weighted by atomic mass is 10.2. The monoisotopic (exact) mass is 743 g/mol. The van der Waals surface area contributed by atoms with Crippen molar-refractivity contribution in [2.45, 2.75) is 25.2 Å². The fourth-order valence-corrected chi connectivity index (χ4v) is 6.45. The summed E-state index contributed by atoms with van der Waals surface area (Å²) in [6, 6.07) is 21.1. The van der Waals surface area contributed by atoms with Crippen LogP contribution in [0, 0.1) is 7.14 Å². The Hall–Kier alpha value is -2.09. The maximum atomic E-state index is 12.3. The largest absolute Gasteiger partial charge is 0.487 e. The Balaban J connectivity index is 1.68. The zero-order chi connectivity index (χ0) is 25.7. The Morgan fingerprint density at radius 2 is 1.83 bits per heavy atom. The quantitative estimate of drug-likeness (QED) is 0.108. The molecule has 10 heteroatoms. The van der Waals surface area contributed by atoms with Crippen LogP contribution in [0.2, 0.25) is 5.02 Å². The number of carboxylic acids is 1. The summed E-state index contributed by atoms with van der Waals surface area (Å²) < 4.78 is 9.92. The molecular weight excluding hydrogens is 724 g/mol. The summed E-state index contributed by atoms with van der Waals surface area (Å²) in [5.41, 5.74) is 2.57. The normalized spacial score (nSPS) is 11.5. The lowest BCUT2D eigenvalue weighted by Crippen LogP contribution is -2.04. The van der Waals surface area contributed by atoms with Crippen LogP contribution in [0.15, 0.2) is 76.8 Å². The minimum Gasteiger partial charge on any atom is -0.487 e. The molecule has 0 fully saturated rings. The van der Waals surface area contributed by atoms with Crippen LogP contribution in [0.1, 0.15) is 18.1 Å². The van der Waals surface area contributed by atoms with Crippen molar-refractivity contribution < 1.29 is 14.6 Å². The zero-order valence-electron chi connectivity index (χ0n) is 19.0. The summed E-state index contributed by atoms with van der Waals surface area (Å²) in [6.07, 6.45) is 1.63. The molecule has 0 amide bonds. The fourth-order valence-electron chi connectivity index (χ4n) is 3.41. The van der Waals surface area contributed by atoms with E-state index in [4.69, 9.17) is 16.3 Å². The van der Waals surface area contributed by atoms with Crippen LogP contribution >= 0.6 is 68.5 Å². The van der Waals surface area contributed by atoms with E-state index < -0.39 is 5.97 Å². The second-order valence-corrected chi connectivity index (χ2v) is 11.4. The second-order valence-electron chi connectivity index (χ2n) is 7.55. The second kappa shape index (κ2) is 12.4. The van der Waals surface area contributed by atoms with Gasteiger partial charge in [0.05, 0.1) is 3.57 Å². The number of carbonyl (C=O) groups is 1. The third kappa shape index (κ3) is 6.61. The fraction of sp³-hybridized carbons (Fsp3) is 0.115. The van der Waals surface area contributed by atoms with E-state index >= 15 is 0 Å². The maximum absolute atomic E-state index is 12.3. The number of aromatic nitrogens is 3. The van der Waals surface area contributed by atoms with Gasteiger partial charge < -0.3 is 14.4 Å². The van der Waals surface area contributed by atoms with Gasteiger partial charge in [-0.05, 0) is 112 Å². The summed E-state index contributed by atoms with van der Waals surface area (Å²) in [5, 5.41) is 19.8. The van der Waals surface area contributed by atoms with Gasteiger partial charge in [-0.3, -0.25) is 0 Å². The van der Waals surface area contributed by atoms with Crippen molar-refractivity contribution in [3.8, 4) is 17.1 Å². The molecule has 3 aromatic carbocycles. The van der Waals surface area contributed by atoms with Crippen molar-refractivity contribution in [1.29, 1.82) is 0 Å². The van der Waals surface area contributed by atoms with Crippen LogP contribution in [0.3, 0.4) is 0 Å². The van der Waals surface area contributed by atoms with Gasteiger partial charge in [0.1, 0.15) is 17.3 Å². The van der Waals surface area contributed by atoms with Crippen LogP contribution < -0.4 is 4.74 Å². The maximum Gasteiger partial charge on any atom is 0.342 e. The number of halogens is 3. The molecule has 0 spiro atoms. The number of ether oxygens (including phenoxy) is 1. The van der Waals surface area contributed by atoms with Crippen LogP contribution in [-0.4, -0.2) is 25.8 Å². The number of aliphatic carboxylic acids is 1. The highest BCUT2D eigenvalue weighted by Gasteiger charge is 2.20. The smallest absolute Gasteiger partial charge is 0.342 e. The van der Waals surface area contributed by atoms with Gasteiger partial charge in [-0.25, -0.2) is 4.79 Å². The van der Waals surface area contributed by atoms with E-state index in [-0.39, 0.29) is 4.91 Å². The van der Waals surface area contributed by atoms with Crippen molar-refractivity contribution in [2.75, 3.05) is 0 Å². The lowest BCUT2D eigenvalue weighted by Gasteiger charge is -2.13. The average Bonchev–Trinajstić information content (AvgIpc) is 3.26. The molecule has 36 heavy (non-hydrogen) atoms. The van der Waals surface area contributed by atoms with Gasteiger partial charge in [0, 0.05) is 26.3 Å². The van der Waals surface area contributed by atoms with Crippen molar-refractivity contribution >= 4 is 80.6 Å². The van der Waals surface area contributed by atoms with E-state index in [9.17, 15) is 9.90 Å². The summed E-state index contributed by atoms with van der Waals surface area (Å²) >= 11 is 11.5. The number of benzene rings is 3. The molecule has 0 saturated heterocycles. The van der Waals surface area contributed by atoms with Gasteiger partial charge in [-0.1, -0.05) is 41.9 Å². The van der Waals surface area contributed by atoms with E-state index in [1.165, 1.54) is 0 Å². The Kier molecular flexibility index (Phi) is 9.31. The minimum atomic E-state index is -1.05. The van der Waals surface area contributed by atoms with Gasteiger partial charge in [0.15, 0.2) is 11.0 Å². The third-order valence-corrected chi connectivity index (χ3v) is 7.77. The number of hydrogen-bond donors (Lipinski definition) is 1. The molecule has 4 rings (SSSR count). The Morgan fingerprint density at radius 1 is 1.11 bits per heavy atom. The van der Waals surface area contributed by atoms with Crippen molar-refractivity contribution in [3.63, 3.8) is 0 Å². The number of thioether (sulfide) groups is 1. The standard InChI is InChI=1S/C26H20ClI2N3O3S/c1-2-32-24(17-8-10-19(27)11-9-17)30-31-26(32)36-22(25(33)34)13-18-12-20(28)14-21(29)23(18)35-15-16-6-4-3-5-7-16/h3-14H,2,15H2,1H3,(H,33,34)/b22-13-. The predicted octanol–water partition coefficient (Wildman–Crippen LogP) is 7.62. The number of hydrogen-bond acceptors (Lipinski definition) is 5. The Labute approximate surface area is 245 Å². The van der Waals surface area contributed by atoms with E-state index in [2.05, 4.69) is 55.4 Å². The number of rotatable bonds is 9. The molecule has 1 N–H and O–H groups in total. The summed E-state index contributed by atoms with van der Waals surface area (Å²) in [5.74, 6) is 0.233. The van der Waals surface area contributed by atoms with Crippen LogP contribution in [0.25, 0.3) is 17.5 Å². The van der Waals surface area contributed by atoms with Gasteiger partial charge in [-0.15, -0.1) is 10.2 Å². The highest BCUT2D eigenvalue weighted by atomic mass is 127.